The molecule has 3 heteroatoms. The molecule has 0 saturated carbocycles. The van der Waals surface area contributed by atoms with Crippen LogP contribution in [0.25, 0.3) is 0 Å². The van der Waals surface area contributed by atoms with Gasteiger partial charge in [-0.15, -0.1) is 0 Å². The molecule has 0 saturated heterocycles. The maximum absolute atomic E-state index is 5.35. The molecule has 1 rings (SSSR count). The van der Waals surface area contributed by atoms with E-state index in [1.165, 1.54) is 12.8 Å². The summed E-state index contributed by atoms with van der Waals surface area (Å²) < 4.78 is 5.35. The zero-order valence-corrected chi connectivity index (χ0v) is 10.5. The third-order valence-corrected chi connectivity index (χ3v) is 2.65. The van der Waals surface area contributed by atoms with Crippen LogP contribution in [0.15, 0.2) is 18.3 Å². The summed E-state index contributed by atoms with van der Waals surface area (Å²) in [7, 11) is 1.70. The zero-order chi connectivity index (χ0) is 11.8. The van der Waals surface area contributed by atoms with E-state index in [0.717, 1.165) is 24.4 Å². The molecule has 1 N–H and O–H groups in total. The smallest absolute Gasteiger partial charge is 0.141 e. The molecule has 0 aliphatic carbocycles. The summed E-state index contributed by atoms with van der Waals surface area (Å²) in [5.74, 6) is 0.879. The van der Waals surface area contributed by atoms with Crippen LogP contribution in [0.5, 0.6) is 5.75 Å². The second-order valence-corrected chi connectivity index (χ2v) is 3.84. The Bertz CT molecular complexity index is 302. The maximum Gasteiger partial charge on any atom is 0.141 e. The van der Waals surface area contributed by atoms with Crippen molar-refractivity contribution in [1.82, 2.24) is 10.3 Å². The van der Waals surface area contributed by atoms with E-state index >= 15 is 0 Å². The SMILES string of the molecule is CCCCC(NCC)c1ncccc1OC. The summed E-state index contributed by atoms with van der Waals surface area (Å²) in [6.07, 6.45) is 5.35. The van der Waals surface area contributed by atoms with Crippen molar-refractivity contribution in [3.8, 4) is 5.75 Å². The molecule has 3 nitrogen and oxygen atoms in total. The predicted octanol–water partition coefficient (Wildman–Crippen LogP) is 2.93. The van der Waals surface area contributed by atoms with Gasteiger partial charge >= 0.3 is 0 Å². The van der Waals surface area contributed by atoms with Crippen LogP contribution in [0.1, 0.15) is 44.8 Å². The van der Waals surface area contributed by atoms with E-state index in [1.807, 2.05) is 18.3 Å². The van der Waals surface area contributed by atoms with Crippen LogP contribution in [0.3, 0.4) is 0 Å². The van der Waals surface area contributed by atoms with Gasteiger partial charge in [-0.3, -0.25) is 4.98 Å². The Morgan fingerprint density at radius 1 is 1.44 bits per heavy atom. The third-order valence-electron chi connectivity index (χ3n) is 2.65. The number of nitrogens with zero attached hydrogens (tertiary/aromatic N) is 1. The first kappa shape index (κ1) is 13.0. The Balaban J connectivity index is 2.81. The maximum atomic E-state index is 5.35. The summed E-state index contributed by atoms with van der Waals surface area (Å²) in [5.41, 5.74) is 1.03. The molecule has 0 aliphatic rings. The largest absolute Gasteiger partial charge is 0.495 e. The topological polar surface area (TPSA) is 34.2 Å². The highest BCUT2D eigenvalue weighted by atomic mass is 16.5. The number of hydrogen-bond acceptors (Lipinski definition) is 3. The standard InChI is InChI=1S/C13H22N2O/c1-4-6-8-11(14-5-2)13-12(16-3)9-7-10-15-13/h7,9-11,14H,4-6,8H2,1-3H3. The highest BCUT2D eigenvalue weighted by Gasteiger charge is 2.15. The molecular weight excluding hydrogens is 200 g/mol. The lowest BCUT2D eigenvalue weighted by molar-refractivity contribution is 0.388. The quantitative estimate of drug-likeness (QED) is 0.770. The first-order valence-corrected chi connectivity index (χ1v) is 6.05. The van der Waals surface area contributed by atoms with Crippen molar-refractivity contribution in [3.63, 3.8) is 0 Å². The molecule has 1 heterocycles. The number of unbranched alkanes of at least 4 members (excludes halogenated alkanes) is 1. The number of methoxy groups -OCH3 is 1. The van der Waals surface area contributed by atoms with E-state index in [4.69, 9.17) is 4.74 Å². The number of hydrogen-bond donors (Lipinski definition) is 1. The van der Waals surface area contributed by atoms with Crippen molar-refractivity contribution in [2.75, 3.05) is 13.7 Å². The molecule has 1 unspecified atom stereocenters. The van der Waals surface area contributed by atoms with Gasteiger partial charge in [0.2, 0.25) is 0 Å². The highest BCUT2D eigenvalue weighted by molar-refractivity contribution is 5.29. The molecule has 1 aromatic heterocycles. The first-order valence-electron chi connectivity index (χ1n) is 6.05. The van der Waals surface area contributed by atoms with Crippen LogP contribution in [0, 0.1) is 0 Å². The molecule has 0 aromatic carbocycles. The lowest BCUT2D eigenvalue weighted by atomic mass is 10.1. The lowest BCUT2D eigenvalue weighted by Crippen LogP contribution is -2.22. The van der Waals surface area contributed by atoms with Gasteiger partial charge in [0.05, 0.1) is 18.8 Å². The summed E-state index contributed by atoms with van der Waals surface area (Å²) in [6.45, 7) is 5.28. The van der Waals surface area contributed by atoms with Crippen LogP contribution < -0.4 is 10.1 Å². The van der Waals surface area contributed by atoms with Gasteiger partial charge in [-0.05, 0) is 25.1 Å². The Labute approximate surface area is 98.2 Å². The molecule has 1 aromatic rings. The first-order chi connectivity index (χ1) is 7.83. The van der Waals surface area contributed by atoms with Crippen molar-refractivity contribution >= 4 is 0 Å². The van der Waals surface area contributed by atoms with E-state index in [1.54, 1.807) is 7.11 Å². The van der Waals surface area contributed by atoms with Gasteiger partial charge in [-0.2, -0.15) is 0 Å². The molecule has 0 aliphatic heterocycles. The van der Waals surface area contributed by atoms with E-state index in [9.17, 15) is 0 Å². The lowest BCUT2D eigenvalue weighted by Gasteiger charge is -2.19. The van der Waals surface area contributed by atoms with Gasteiger partial charge in [0.1, 0.15) is 5.75 Å². The normalized spacial score (nSPS) is 12.4. The van der Waals surface area contributed by atoms with Crippen LogP contribution >= 0.6 is 0 Å². The zero-order valence-electron chi connectivity index (χ0n) is 10.5. The second-order valence-electron chi connectivity index (χ2n) is 3.84. The monoisotopic (exact) mass is 222 g/mol. The average Bonchev–Trinajstić information content (AvgIpc) is 2.34. The van der Waals surface area contributed by atoms with E-state index < -0.39 is 0 Å². The molecule has 16 heavy (non-hydrogen) atoms. The van der Waals surface area contributed by atoms with Crippen LogP contribution in [-0.4, -0.2) is 18.6 Å². The summed E-state index contributed by atoms with van der Waals surface area (Å²) in [5, 5.41) is 3.47. The number of rotatable bonds is 7. The van der Waals surface area contributed by atoms with Crippen molar-refractivity contribution in [3.05, 3.63) is 24.0 Å². The van der Waals surface area contributed by atoms with Crippen LogP contribution in [-0.2, 0) is 0 Å². The van der Waals surface area contributed by atoms with Gasteiger partial charge in [-0.1, -0.05) is 26.7 Å². The molecule has 90 valence electrons. The number of nitrogens with one attached hydrogen (secondary N) is 1. The Hall–Kier alpha value is -1.09. The average molecular weight is 222 g/mol. The number of pyridine rings is 1. The number of ether oxygens (including phenoxy) is 1. The fourth-order valence-corrected chi connectivity index (χ4v) is 1.83. The third kappa shape index (κ3) is 3.49. The molecular formula is C13H22N2O. The van der Waals surface area contributed by atoms with E-state index in [-0.39, 0.29) is 0 Å². The molecule has 1 atom stereocenters. The molecule has 0 fully saturated rings. The molecule has 0 amide bonds. The Morgan fingerprint density at radius 3 is 2.88 bits per heavy atom. The van der Waals surface area contributed by atoms with E-state index in [2.05, 4.69) is 24.1 Å². The van der Waals surface area contributed by atoms with Gasteiger partial charge in [-0.25, -0.2) is 0 Å². The minimum atomic E-state index is 0.307. The minimum absolute atomic E-state index is 0.307. The minimum Gasteiger partial charge on any atom is -0.495 e. The molecule has 0 spiro atoms. The van der Waals surface area contributed by atoms with Crippen LogP contribution in [0.2, 0.25) is 0 Å². The summed E-state index contributed by atoms with van der Waals surface area (Å²) in [6, 6.07) is 4.19. The predicted molar refractivity (Wildman–Crippen MR) is 66.7 cm³/mol. The Morgan fingerprint density at radius 2 is 2.25 bits per heavy atom. The number of aromatic nitrogens is 1. The highest BCUT2D eigenvalue weighted by Crippen LogP contribution is 2.25. The Kier molecular flexibility index (Phi) is 5.86. The van der Waals surface area contributed by atoms with Crippen LogP contribution in [0.4, 0.5) is 0 Å². The van der Waals surface area contributed by atoms with Gasteiger partial charge < -0.3 is 10.1 Å². The van der Waals surface area contributed by atoms with Crippen molar-refractivity contribution in [1.29, 1.82) is 0 Å². The molecule has 0 bridgehead atoms. The van der Waals surface area contributed by atoms with Gasteiger partial charge in [0.15, 0.2) is 0 Å². The van der Waals surface area contributed by atoms with Crippen molar-refractivity contribution < 1.29 is 4.74 Å². The van der Waals surface area contributed by atoms with Crippen molar-refractivity contribution in [2.45, 2.75) is 39.2 Å². The fourth-order valence-electron chi connectivity index (χ4n) is 1.83. The van der Waals surface area contributed by atoms with Gasteiger partial charge in [0, 0.05) is 6.20 Å². The van der Waals surface area contributed by atoms with Gasteiger partial charge in [0.25, 0.3) is 0 Å². The fraction of sp³-hybridized carbons (Fsp3) is 0.615. The summed E-state index contributed by atoms with van der Waals surface area (Å²) in [4.78, 5) is 4.43. The molecule has 0 radical (unpaired) electrons. The summed E-state index contributed by atoms with van der Waals surface area (Å²) >= 11 is 0. The van der Waals surface area contributed by atoms with E-state index in [0.29, 0.717) is 6.04 Å². The second kappa shape index (κ2) is 7.23. The van der Waals surface area contributed by atoms with Crippen molar-refractivity contribution in [2.24, 2.45) is 0 Å².